The standard InChI is InChI=1S/C45H28N4O/c1-3-14-29(15-4-1)43-46-44(30-16-5-2-6-17-30)48-45(47-43)31-26-27-36-41(28-31)50-40-25-13-21-35(42(36)40)34-20-9-12-24-39(34)49-37-22-10-7-18-32(37)33-19-8-11-23-38(33)49/h1-28H. The summed E-state index contributed by atoms with van der Waals surface area (Å²) in [7, 11) is 0. The highest BCUT2D eigenvalue weighted by molar-refractivity contribution is 6.15. The Morgan fingerprint density at radius 1 is 0.380 bits per heavy atom. The van der Waals surface area contributed by atoms with Crippen LogP contribution in [0.15, 0.2) is 174 Å². The van der Waals surface area contributed by atoms with Crippen molar-refractivity contribution in [3.63, 3.8) is 0 Å². The van der Waals surface area contributed by atoms with Gasteiger partial charge in [0.05, 0.1) is 16.7 Å². The summed E-state index contributed by atoms with van der Waals surface area (Å²) in [5.74, 6) is 1.85. The number of rotatable bonds is 5. The van der Waals surface area contributed by atoms with E-state index in [1.807, 2.05) is 66.7 Å². The minimum absolute atomic E-state index is 0.594. The van der Waals surface area contributed by atoms with Crippen LogP contribution in [0.5, 0.6) is 0 Å². The van der Waals surface area contributed by atoms with Gasteiger partial charge >= 0.3 is 0 Å². The van der Waals surface area contributed by atoms with E-state index in [0.717, 1.165) is 55.4 Å². The van der Waals surface area contributed by atoms with Crippen LogP contribution in [-0.4, -0.2) is 19.5 Å². The van der Waals surface area contributed by atoms with Gasteiger partial charge in [-0.05, 0) is 42.0 Å². The molecule has 0 atom stereocenters. The molecule has 0 aliphatic carbocycles. The van der Waals surface area contributed by atoms with Crippen molar-refractivity contribution in [3.8, 4) is 51.0 Å². The molecular weight excluding hydrogens is 613 g/mol. The van der Waals surface area contributed by atoms with Gasteiger partial charge in [0, 0.05) is 43.8 Å². The van der Waals surface area contributed by atoms with E-state index in [1.165, 1.54) is 21.8 Å². The van der Waals surface area contributed by atoms with Crippen molar-refractivity contribution in [2.75, 3.05) is 0 Å². The van der Waals surface area contributed by atoms with Gasteiger partial charge in [0.2, 0.25) is 0 Å². The Kier molecular flexibility index (Phi) is 6.42. The highest BCUT2D eigenvalue weighted by Crippen LogP contribution is 2.42. The number of furan rings is 1. The Balaban J connectivity index is 1.16. The van der Waals surface area contributed by atoms with Crippen molar-refractivity contribution in [3.05, 3.63) is 170 Å². The molecule has 7 aromatic carbocycles. The lowest BCUT2D eigenvalue weighted by Gasteiger charge is -2.14. The first-order valence-electron chi connectivity index (χ1n) is 16.7. The van der Waals surface area contributed by atoms with Gasteiger partial charge < -0.3 is 8.98 Å². The maximum Gasteiger partial charge on any atom is 0.164 e. The van der Waals surface area contributed by atoms with Gasteiger partial charge in [-0.15, -0.1) is 0 Å². The molecule has 5 nitrogen and oxygen atoms in total. The van der Waals surface area contributed by atoms with E-state index in [2.05, 4.69) is 108 Å². The summed E-state index contributed by atoms with van der Waals surface area (Å²) in [4.78, 5) is 14.8. The molecular formula is C45H28N4O. The fourth-order valence-corrected chi connectivity index (χ4v) is 7.21. The van der Waals surface area contributed by atoms with Crippen LogP contribution in [0.2, 0.25) is 0 Å². The van der Waals surface area contributed by atoms with E-state index in [-0.39, 0.29) is 0 Å². The molecule has 234 valence electrons. The summed E-state index contributed by atoms with van der Waals surface area (Å²) in [6.07, 6.45) is 0. The quantitative estimate of drug-likeness (QED) is 0.188. The van der Waals surface area contributed by atoms with Crippen LogP contribution in [0.4, 0.5) is 0 Å². The number of nitrogens with zero attached hydrogens (tertiary/aromatic N) is 4. The zero-order valence-electron chi connectivity index (χ0n) is 26.9. The van der Waals surface area contributed by atoms with Crippen molar-refractivity contribution >= 4 is 43.7 Å². The second-order valence-corrected chi connectivity index (χ2v) is 12.4. The van der Waals surface area contributed by atoms with E-state index < -0.39 is 0 Å². The topological polar surface area (TPSA) is 56.7 Å². The third-order valence-electron chi connectivity index (χ3n) is 9.47. The molecule has 0 aliphatic rings. The van der Waals surface area contributed by atoms with Crippen LogP contribution in [0, 0.1) is 0 Å². The van der Waals surface area contributed by atoms with Crippen LogP contribution >= 0.6 is 0 Å². The summed E-state index contributed by atoms with van der Waals surface area (Å²) in [6, 6.07) is 58.6. The molecule has 0 amide bonds. The van der Waals surface area contributed by atoms with Crippen LogP contribution in [0.25, 0.3) is 94.7 Å². The molecule has 0 N–H and O–H groups in total. The lowest BCUT2D eigenvalue weighted by Crippen LogP contribution is -2.00. The highest BCUT2D eigenvalue weighted by atomic mass is 16.3. The highest BCUT2D eigenvalue weighted by Gasteiger charge is 2.20. The van der Waals surface area contributed by atoms with E-state index in [1.54, 1.807) is 0 Å². The first kappa shape index (κ1) is 28.2. The van der Waals surface area contributed by atoms with Gasteiger partial charge in [-0.25, -0.2) is 15.0 Å². The largest absolute Gasteiger partial charge is 0.456 e. The molecule has 0 fully saturated rings. The fraction of sp³-hybridized carbons (Fsp3) is 0. The van der Waals surface area contributed by atoms with Gasteiger partial charge in [-0.2, -0.15) is 0 Å². The van der Waals surface area contributed by atoms with Crippen molar-refractivity contribution in [1.82, 2.24) is 19.5 Å². The van der Waals surface area contributed by atoms with Crippen LogP contribution in [0.1, 0.15) is 0 Å². The monoisotopic (exact) mass is 640 g/mol. The molecule has 5 heteroatoms. The second-order valence-electron chi connectivity index (χ2n) is 12.4. The summed E-state index contributed by atoms with van der Waals surface area (Å²) in [5, 5.41) is 4.59. The molecule has 0 unspecified atom stereocenters. The minimum Gasteiger partial charge on any atom is -0.456 e. The van der Waals surface area contributed by atoms with Gasteiger partial charge in [0.15, 0.2) is 17.5 Å². The predicted molar refractivity (Wildman–Crippen MR) is 203 cm³/mol. The van der Waals surface area contributed by atoms with Gasteiger partial charge in [0.25, 0.3) is 0 Å². The minimum atomic E-state index is 0.594. The van der Waals surface area contributed by atoms with Crippen molar-refractivity contribution in [2.24, 2.45) is 0 Å². The Bertz CT molecular complexity index is 2760. The zero-order valence-corrected chi connectivity index (χ0v) is 26.9. The average Bonchev–Trinajstić information content (AvgIpc) is 3.74. The Morgan fingerprint density at radius 2 is 0.920 bits per heavy atom. The van der Waals surface area contributed by atoms with Crippen molar-refractivity contribution in [1.29, 1.82) is 0 Å². The lowest BCUT2D eigenvalue weighted by molar-refractivity contribution is 0.669. The number of hydrogen-bond acceptors (Lipinski definition) is 4. The lowest BCUT2D eigenvalue weighted by atomic mass is 9.97. The molecule has 10 rings (SSSR count). The number of para-hydroxylation sites is 3. The van der Waals surface area contributed by atoms with E-state index >= 15 is 0 Å². The first-order valence-corrected chi connectivity index (χ1v) is 16.7. The van der Waals surface area contributed by atoms with Gasteiger partial charge in [-0.1, -0.05) is 133 Å². The summed E-state index contributed by atoms with van der Waals surface area (Å²) >= 11 is 0. The Morgan fingerprint density at radius 3 is 1.58 bits per heavy atom. The van der Waals surface area contributed by atoms with Gasteiger partial charge in [0.1, 0.15) is 11.2 Å². The second kappa shape index (κ2) is 11.4. The first-order chi connectivity index (χ1) is 24.8. The Labute approximate surface area is 287 Å². The van der Waals surface area contributed by atoms with Crippen molar-refractivity contribution in [2.45, 2.75) is 0 Å². The summed E-state index contributed by atoms with van der Waals surface area (Å²) in [6.45, 7) is 0. The van der Waals surface area contributed by atoms with Crippen LogP contribution < -0.4 is 0 Å². The van der Waals surface area contributed by atoms with E-state index in [0.29, 0.717) is 17.5 Å². The smallest absolute Gasteiger partial charge is 0.164 e. The maximum atomic E-state index is 6.60. The Hall–Kier alpha value is -6.85. The molecule has 0 aliphatic heterocycles. The molecule has 10 aromatic rings. The molecule has 50 heavy (non-hydrogen) atoms. The van der Waals surface area contributed by atoms with Crippen LogP contribution in [0.3, 0.4) is 0 Å². The summed E-state index contributed by atoms with van der Waals surface area (Å²) in [5.41, 5.74) is 10.1. The number of fused-ring (bicyclic) bond motifs is 6. The number of aromatic nitrogens is 4. The average molecular weight is 641 g/mol. The van der Waals surface area contributed by atoms with Crippen LogP contribution in [-0.2, 0) is 0 Å². The maximum absolute atomic E-state index is 6.60. The molecule has 0 saturated heterocycles. The van der Waals surface area contributed by atoms with Crippen molar-refractivity contribution < 1.29 is 4.42 Å². The molecule has 0 spiro atoms. The molecule has 3 aromatic heterocycles. The summed E-state index contributed by atoms with van der Waals surface area (Å²) < 4.78 is 8.98. The molecule has 0 radical (unpaired) electrons. The number of hydrogen-bond donors (Lipinski definition) is 0. The third-order valence-corrected chi connectivity index (χ3v) is 9.47. The SMILES string of the molecule is c1ccc(-c2nc(-c3ccccc3)nc(-c3ccc4c(c3)oc3cccc(-c5ccccc5-n5c6ccccc6c6ccccc65)c34)n2)cc1. The van der Waals surface area contributed by atoms with E-state index in [9.17, 15) is 0 Å². The zero-order chi connectivity index (χ0) is 33.0. The number of benzene rings is 7. The molecule has 0 bridgehead atoms. The van der Waals surface area contributed by atoms with E-state index in [4.69, 9.17) is 19.4 Å². The van der Waals surface area contributed by atoms with Gasteiger partial charge in [-0.3, -0.25) is 0 Å². The normalized spacial score (nSPS) is 11.6. The fourth-order valence-electron chi connectivity index (χ4n) is 7.21. The predicted octanol–water partition coefficient (Wildman–Crippen LogP) is 11.5. The third kappa shape index (κ3) is 4.52. The molecule has 3 heterocycles. The molecule has 0 saturated carbocycles.